The van der Waals surface area contributed by atoms with Gasteiger partial charge < -0.3 is 21.7 Å². The summed E-state index contributed by atoms with van der Waals surface area (Å²) in [4.78, 5) is 9.00. The van der Waals surface area contributed by atoms with Crippen molar-refractivity contribution < 1.29 is 15.0 Å². The lowest BCUT2D eigenvalue weighted by Crippen LogP contribution is -2.21. The summed E-state index contributed by atoms with van der Waals surface area (Å²) in [5.74, 6) is -0.833. The van der Waals surface area contributed by atoms with Gasteiger partial charge in [0.25, 0.3) is 5.97 Å². The van der Waals surface area contributed by atoms with Crippen molar-refractivity contribution in [3.8, 4) is 0 Å². The van der Waals surface area contributed by atoms with Crippen LogP contribution in [0, 0.1) is 0 Å². The van der Waals surface area contributed by atoms with E-state index in [1.165, 1.54) is 0 Å². The molecule has 5 nitrogen and oxygen atoms in total. The highest BCUT2D eigenvalue weighted by Gasteiger charge is 1.99. The zero-order valence-corrected chi connectivity index (χ0v) is 8.78. The fourth-order valence-corrected chi connectivity index (χ4v) is 0.878. The molecule has 0 aromatic carbocycles. The average molecular weight is 206 g/mol. The number of hydrogen-bond donors (Lipinski definition) is 4. The van der Waals surface area contributed by atoms with Crippen LogP contribution in [-0.4, -0.2) is 35.4 Å². The molecule has 0 aliphatic carbocycles. The Bertz CT molecular complexity index is 119. The van der Waals surface area contributed by atoms with E-state index >= 15 is 0 Å². The van der Waals surface area contributed by atoms with Crippen LogP contribution in [0.1, 0.15) is 32.6 Å². The van der Waals surface area contributed by atoms with Crippen LogP contribution >= 0.6 is 0 Å². The highest BCUT2D eigenvalue weighted by molar-refractivity contribution is 5.62. The Hall–Kier alpha value is -0.650. The second-order valence-corrected chi connectivity index (χ2v) is 3.08. The summed E-state index contributed by atoms with van der Waals surface area (Å²) in [5.41, 5.74) is 11.0. The molecule has 0 aromatic rings. The fraction of sp³-hybridized carbons (Fsp3) is 0.889. The number of carboxylic acids is 1. The molecule has 0 aromatic heterocycles. The number of nitrogens with two attached hydrogens (primary N) is 2. The van der Waals surface area contributed by atoms with E-state index in [1.807, 2.05) is 0 Å². The minimum Gasteiger partial charge on any atom is -0.481 e. The maximum atomic E-state index is 9.00. The molecule has 0 fully saturated rings. The molecular formula is C9H22N2O3. The molecule has 0 radical (unpaired) electrons. The molecule has 0 saturated carbocycles. The second kappa shape index (κ2) is 12.3. The predicted octanol–water partition coefficient (Wildman–Crippen LogP) is -0.0840. The van der Waals surface area contributed by atoms with Crippen molar-refractivity contribution in [2.45, 2.75) is 38.6 Å². The Morgan fingerprint density at radius 2 is 1.79 bits per heavy atom. The van der Waals surface area contributed by atoms with Crippen molar-refractivity contribution in [1.82, 2.24) is 0 Å². The van der Waals surface area contributed by atoms with Gasteiger partial charge in [0, 0.05) is 19.6 Å². The van der Waals surface area contributed by atoms with Gasteiger partial charge in [0.1, 0.15) is 0 Å². The second-order valence-electron chi connectivity index (χ2n) is 3.08. The van der Waals surface area contributed by atoms with E-state index in [-0.39, 0.29) is 12.6 Å². The smallest absolute Gasteiger partial charge is 0.300 e. The number of rotatable bonds is 6. The van der Waals surface area contributed by atoms with Crippen molar-refractivity contribution in [3.05, 3.63) is 0 Å². The van der Waals surface area contributed by atoms with Gasteiger partial charge in [-0.25, -0.2) is 0 Å². The van der Waals surface area contributed by atoms with Crippen LogP contribution in [0.4, 0.5) is 0 Å². The van der Waals surface area contributed by atoms with Gasteiger partial charge in [-0.05, 0) is 32.2 Å². The molecule has 1 atom stereocenters. The maximum Gasteiger partial charge on any atom is 0.300 e. The molecule has 0 aliphatic rings. The molecule has 14 heavy (non-hydrogen) atoms. The molecule has 0 saturated heterocycles. The summed E-state index contributed by atoms with van der Waals surface area (Å²) in [6.07, 6.45) is 3.70. The molecule has 0 spiro atoms. The summed E-state index contributed by atoms with van der Waals surface area (Å²) < 4.78 is 0. The first-order valence-corrected chi connectivity index (χ1v) is 4.80. The quantitative estimate of drug-likeness (QED) is 0.486. The molecular weight excluding hydrogens is 184 g/mol. The Labute approximate surface area is 85.1 Å². The summed E-state index contributed by atoms with van der Waals surface area (Å²) in [6.45, 7) is 2.04. The standard InChI is InChI=1S/C7H18N2O.C2H4O2/c8-5-1-3-7(9)4-2-6-10;1-2(3)4/h7,10H,1-6,8-9H2;1H3,(H,3,4). The topological polar surface area (TPSA) is 110 Å². The zero-order valence-electron chi connectivity index (χ0n) is 8.78. The van der Waals surface area contributed by atoms with Crippen LogP contribution in [0.3, 0.4) is 0 Å². The minimum atomic E-state index is -0.833. The van der Waals surface area contributed by atoms with E-state index in [0.29, 0.717) is 6.54 Å². The van der Waals surface area contributed by atoms with Gasteiger partial charge in [-0.3, -0.25) is 4.79 Å². The van der Waals surface area contributed by atoms with Crippen LogP contribution in [0.15, 0.2) is 0 Å². The highest BCUT2D eigenvalue weighted by Crippen LogP contribution is 2.00. The number of aliphatic hydroxyl groups excluding tert-OH is 1. The van der Waals surface area contributed by atoms with Crippen molar-refractivity contribution >= 4 is 5.97 Å². The van der Waals surface area contributed by atoms with E-state index in [0.717, 1.165) is 32.6 Å². The third-order valence-electron chi connectivity index (χ3n) is 1.51. The van der Waals surface area contributed by atoms with E-state index in [9.17, 15) is 0 Å². The van der Waals surface area contributed by atoms with Crippen molar-refractivity contribution in [3.63, 3.8) is 0 Å². The zero-order chi connectivity index (χ0) is 11.4. The third kappa shape index (κ3) is 22.5. The predicted molar refractivity (Wildman–Crippen MR) is 55.9 cm³/mol. The van der Waals surface area contributed by atoms with Crippen LogP contribution in [0.25, 0.3) is 0 Å². The molecule has 86 valence electrons. The Kier molecular flexibility index (Phi) is 13.9. The van der Waals surface area contributed by atoms with Gasteiger partial charge in [-0.15, -0.1) is 0 Å². The summed E-state index contributed by atoms with van der Waals surface area (Å²) in [7, 11) is 0. The van der Waals surface area contributed by atoms with Gasteiger partial charge in [0.2, 0.25) is 0 Å². The first-order chi connectivity index (χ1) is 6.54. The number of aliphatic hydroxyl groups is 1. The van der Waals surface area contributed by atoms with Crippen molar-refractivity contribution in [2.24, 2.45) is 11.5 Å². The van der Waals surface area contributed by atoms with Gasteiger partial charge in [-0.1, -0.05) is 0 Å². The van der Waals surface area contributed by atoms with Crippen LogP contribution in [0.5, 0.6) is 0 Å². The lowest BCUT2D eigenvalue weighted by Gasteiger charge is -2.08. The van der Waals surface area contributed by atoms with Crippen molar-refractivity contribution in [2.75, 3.05) is 13.2 Å². The van der Waals surface area contributed by atoms with Crippen LogP contribution < -0.4 is 11.5 Å². The Balaban J connectivity index is 0. The Morgan fingerprint density at radius 1 is 1.36 bits per heavy atom. The number of carboxylic acid groups (broad SMARTS) is 1. The number of hydrogen-bond acceptors (Lipinski definition) is 4. The van der Waals surface area contributed by atoms with E-state index < -0.39 is 5.97 Å². The molecule has 0 aliphatic heterocycles. The first kappa shape index (κ1) is 15.8. The number of carbonyl (C=O) groups is 1. The van der Waals surface area contributed by atoms with E-state index in [2.05, 4.69) is 0 Å². The van der Waals surface area contributed by atoms with Gasteiger partial charge in [0.05, 0.1) is 0 Å². The number of aliphatic carboxylic acids is 1. The molecule has 5 heteroatoms. The molecule has 6 N–H and O–H groups in total. The van der Waals surface area contributed by atoms with Gasteiger partial charge >= 0.3 is 0 Å². The minimum absolute atomic E-state index is 0.232. The molecule has 0 rings (SSSR count). The lowest BCUT2D eigenvalue weighted by atomic mass is 10.1. The van der Waals surface area contributed by atoms with E-state index in [1.54, 1.807) is 0 Å². The van der Waals surface area contributed by atoms with Crippen molar-refractivity contribution in [1.29, 1.82) is 0 Å². The first-order valence-electron chi connectivity index (χ1n) is 4.80. The SMILES string of the molecule is CC(=O)O.NCCCC(N)CCCO. The fourth-order valence-electron chi connectivity index (χ4n) is 0.878. The third-order valence-corrected chi connectivity index (χ3v) is 1.51. The molecule has 0 bridgehead atoms. The largest absolute Gasteiger partial charge is 0.481 e. The molecule has 1 unspecified atom stereocenters. The molecule has 0 amide bonds. The monoisotopic (exact) mass is 206 g/mol. The highest BCUT2D eigenvalue weighted by atomic mass is 16.4. The normalized spacial score (nSPS) is 11.4. The van der Waals surface area contributed by atoms with Crippen LogP contribution in [-0.2, 0) is 4.79 Å². The van der Waals surface area contributed by atoms with Crippen LogP contribution in [0.2, 0.25) is 0 Å². The van der Waals surface area contributed by atoms with Gasteiger partial charge in [-0.2, -0.15) is 0 Å². The average Bonchev–Trinajstić information content (AvgIpc) is 2.10. The summed E-state index contributed by atoms with van der Waals surface area (Å²) in [6, 6.07) is 0.232. The summed E-state index contributed by atoms with van der Waals surface area (Å²) in [5, 5.41) is 15.9. The van der Waals surface area contributed by atoms with Gasteiger partial charge in [0.15, 0.2) is 0 Å². The maximum absolute atomic E-state index is 9.00. The molecule has 0 heterocycles. The Morgan fingerprint density at radius 3 is 2.14 bits per heavy atom. The lowest BCUT2D eigenvalue weighted by molar-refractivity contribution is -0.134. The summed E-state index contributed by atoms with van der Waals surface area (Å²) >= 11 is 0. The van der Waals surface area contributed by atoms with E-state index in [4.69, 9.17) is 26.5 Å².